The summed E-state index contributed by atoms with van der Waals surface area (Å²) in [4.78, 5) is 26.7. The van der Waals surface area contributed by atoms with Gasteiger partial charge in [-0.05, 0) is 20.8 Å². The maximum absolute atomic E-state index is 8.89. The molecule has 0 aliphatic carbocycles. The van der Waals surface area contributed by atoms with Crippen LogP contribution in [0, 0.1) is 0 Å². The van der Waals surface area contributed by atoms with Crippen molar-refractivity contribution in [3.05, 3.63) is 0 Å². The Morgan fingerprint density at radius 1 is 0.692 bits per heavy atom. The molecule has 0 aromatic rings. The van der Waals surface area contributed by atoms with E-state index < -0.39 is 17.9 Å². The van der Waals surface area contributed by atoms with Gasteiger partial charge in [0, 0.05) is 35.3 Å². The summed E-state index contributed by atoms with van der Waals surface area (Å²) in [6.07, 6.45) is 0. The highest BCUT2D eigenvalue weighted by molar-refractivity contribution is 5.75. The van der Waals surface area contributed by atoms with Crippen LogP contribution >= 0.6 is 0 Å². The average molecular weight is 204 g/mol. The lowest BCUT2D eigenvalue weighted by molar-refractivity contribution is -0.303. The number of hydrogen-bond donors (Lipinski definition) is 0. The molecular formula is C6H9AlO6-3. The molecule has 0 atom stereocenters. The number of aliphatic carboxylic acids is 3. The van der Waals surface area contributed by atoms with Crippen molar-refractivity contribution in [3.63, 3.8) is 0 Å². The van der Waals surface area contributed by atoms with Crippen LogP contribution in [0.1, 0.15) is 20.8 Å². The van der Waals surface area contributed by atoms with Gasteiger partial charge in [-0.25, -0.2) is 0 Å². The van der Waals surface area contributed by atoms with Crippen LogP contribution in [0.15, 0.2) is 0 Å². The summed E-state index contributed by atoms with van der Waals surface area (Å²) in [7, 11) is 0. The molecule has 6 nitrogen and oxygen atoms in total. The zero-order chi connectivity index (χ0) is 10.7. The molecule has 0 N–H and O–H groups in total. The lowest BCUT2D eigenvalue weighted by Gasteiger charge is -1.77. The largest absolute Gasteiger partial charge is 0.550 e. The second-order valence-corrected chi connectivity index (χ2v) is 1.47. The highest BCUT2D eigenvalue weighted by atomic mass is 27.0. The van der Waals surface area contributed by atoms with E-state index >= 15 is 0 Å². The number of carboxylic acids is 3. The quantitative estimate of drug-likeness (QED) is 0.369. The standard InChI is InChI=1S/3C2H4O2.Al/c3*1-2(3)4;/h3*1H3,(H,3,4);/p-3. The zero-order valence-corrected chi connectivity index (χ0v) is 8.68. The van der Waals surface area contributed by atoms with Gasteiger partial charge >= 0.3 is 0 Å². The van der Waals surface area contributed by atoms with E-state index in [1.54, 1.807) is 0 Å². The molecule has 0 amide bonds. The molecule has 0 aliphatic heterocycles. The summed E-state index contributed by atoms with van der Waals surface area (Å²) in [6, 6.07) is 0. The Labute approximate surface area is 86.3 Å². The Morgan fingerprint density at radius 2 is 0.692 bits per heavy atom. The van der Waals surface area contributed by atoms with Crippen LogP contribution < -0.4 is 15.3 Å². The first kappa shape index (κ1) is 22.7. The summed E-state index contributed by atoms with van der Waals surface area (Å²) in [5.41, 5.74) is 0. The molecule has 75 valence electrons. The molecule has 0 fully saturated rings. The normalized spacial score (nSPS) is 5.77. The minimum Gasteiger partial charge on any atom is -0.550 e. The third-order valence-electron chi connectivity index (χ3n) is 0. The van der Waals surface area contributed by atoms with Gasteiger partial charge in [0.1, 0.15) is 0 Å². The molecular weight excluding hydrogens is 195 g/mol. The number of hydrogen-bond acceptors (Lipinski definition) is 6. The van der Waals surface area contributed by atoms with Crippen molar-refractivity contribution in [1.29, 1.82) is 0 Å². The molecule has 0 saturated carbocycles. The number of carbonyl (C=O) groups is 3. The Balaban J connectivity index is -0.0000000450. The molecule has 0 bridgehead atoms. The van der Waals surface area contributed by atoms with E-state index in [4.69, 9.17) is 29.7 Å². The van der Waals surface area contributed by atoms with Gasteiger partial charge in [-0.15, -0.1) is 0 Å². The number of carboxylic acid groups (broad SMARTS) is 3. The molecule has 13 heavy (non-hydrogen) atoms. The Bertz CT molecular complexity index is 115. The number of rotatable bonds is 0. The van der Waals surface area contributed by atoms with Crippen molar-refractivity contribution in [3.8, 4) is 0 Å². The second-order valence-electron chi connectivity index (χ2n) is 1.47. The fourth-order valence-corrected chi connectivity index (χ4v) is 0. The Morgan fingerprint density at radius 3 is 0.692 bits per heavy atom. The van der Waals surface area contributed by atoms with Crippen molar-refractivity contribution in [2.24, 2.45) is 0 Å². The van der Waals surface area contributed by atoms with E-state index in [1.165, 1.54) is 0 Å². The Kier molecular flexibility index (Phi) is 29.9. The van der Waals surface area contributed by atoms with Gasteiger partial charge in [-0.2, -0.15) is 0 Å². The van der Waals surface area contributed by atoms with Crippen LogP contribution in [-0.2, 0) is 14.4 Å². The van der Waals surface area contributed by atoms with Gasteiger partial charge in [-0.3, -0.25) is 0 Å². The highest BCUT2D eigenvalue weighted by Crippen LogP contribution is 1.31. The summed E-state index contributed by atoms with van der Waals surface area (Å²) in [6.45, 7) is 2.92. The van der Waals surface area contributed by atoms with Crippen molar-refractivity contribution in [2.75, 3.05) is 0 Å². The molecule has 7 heteroatoms. The third kappa shape index (κ3) is 782. The second kappa shape index (κ2) is 17.1. The smallest absolute Gasteiger partial charge is 0.0383 e. The predicted molar refractivity (Wildman–Crippen MR) is 37.8 cm³/mol. The van der Waals surface area contributed by atoms with Crippen molar-refractivity contribution >= 4 is 35.3 Å². The summed E-state index contributed by atoms with van der Waals surface area (Å²) >= 11 is 0. The lowest BCUT2D eigenvalue weighted by Crippen LogP contribution is -2.16. The minimum absolute atomic E-state index is 0. The molecule has 0 heterocycles. The molecule has 3 radical (unpaired) electrons. The molecule has 0 spiro atoms. The SMILES string of the molecule is CC(=O)[O-].CC(=O)[O-].CC(=O)[O-].[Al]. The maximum Gasteiger partial charge on any atom is 0.0383 e. The fourth-order valence-electron chi connectivity index (χ4n) is 0. The van der Waals surface area contributed by atoms with E-state index in [-0.39, 0.29) is 17.4 Å². The monoisotopic (exact) mass is 204 g/mol. The first-order valence-electron chi connectivity index (χ1n) is 2.72. The zero-order valence-electron chi connectivity index (χ0n) is 7.53. The average Bonchev–Trinajstić information content (AvgIpc) is 1.54. The summed E-state index contributed by atoms with van der Waals surface area (Å²) in [5.74, 6) is -3.25. The topological polar surface area (TPSA) is 120 Å². The van der Waals surface area contributed by atoms with Gasteiger partial charge in [-0.1, -0.05) is 0 Å². The predicted octanol–water partition coefficient (Wildman–Crippen LogP) is -4.11. The van der Waals surface area contributed by atoms with Crippen molar-refractivity contribution in [1.82, 2.24) is 0 Å². The van der Waals surface area contributed by atoms with Gasteiger partial charge < -0.3 is 29.7 Å². The highest BCUT2D eigenvalue weighted by Gasteiger charge is 1.47. The van der Waals surface area contributed by atoms with Crippen molar-refractivity contribution < 1.29 is 29.7 Å². The summed E-state index contributed by atoms with van der Waals surface area (Å²) in [5, 5.41) is 26.7. The number of carbonyl (C=O) groups excluding carboxylic acids is 3. The van der Waals surface area contributed by atoms with Crippen LogP contribution in [0.4, 0.5) is 0 Å². The van der Waals surface area contributed by atoms with Crippen LogP contribution in [0.25, 0.3) is 0 Å². The van der Waals surface area contributed by atoms with Gasteiger partial charge in [0.15, 0.2) is 0 Å². The van der Waals surface area contributed by atoms with E-state index in [0.29, 0.717) is 0 Å². The van der Waals surface area contributed by atoms with Gasteiger partial charge in [0.25, 0.3) is 0 Å². The van der Waals surface area contributed by atoms with Crippen LogP contribution in [0.5, 0.6) is 0 Å². The van der Waals surface area contributed by atoms with Crippen LogP contribution in [0.2, 0.25) is 0 Å². The molecule has 0 unspecified atom stereocenters. The Hall–Kier alpha value is -1.06. The van der Waals surface area contributed by atoms with Gasteiger partial charge in [0.2, 0.25) is 0 Å². The van der Waals surface area contributed by atoms with E-state index in [1.807, 2.05) is 0 Å². The minimum atomic E-state index is -1.08. The van der Waals surface area contributed by atoms with E-state index in [0.717, 1.165) is 20.8 Å². The maximum atomic E-state index is 8.89. The van der Waals surface area contributed by atoms with Crippen molar-refractivity contribution in [2.45, 2.75) is 20.8 Å². The molecule has 0 saturated heterocycles. The molecule has 0 rings (SSSR count). The van der Waals surface area contributed by atoms with E-state index in [2.05, 4.69) is 0 Å². The first-order chi connectivity index (χ1) is 5.20. The van der Waals surface area contributed by atoms with Crippen LogP contribution in [-0.4, -0.2) is 35.3 Å². The molecule has 0 aromatic heterocycles. The fraction of sp³-hybridized carbons (Fsp3) is 0.500. The summed E-state index contributed by atoms with van der Waals surface area (Å²) < 4.78 is 0. The first-order valence-corrected chi connectivity index (χ1v) is 2.72. The van der Waals surface area contributed by atoms with Gasteiger partial charge in [0.05, 0.1) is 0 Å². The van der Waals surface area contributed by atoms with Crippen LogP contribution in [0.3, 0.4) is 0 Å². The molecule has 0 aromatic carbocycles. The third-order valence-corrected chi connectivity index (χ3v) is 0. The van der Waals surface area contributed by atoms with E-state index in [9.17, 15) is 0 Å². The molecule has 0 aliphatic rings. The lowest BCUT2D eigenvalue weighted by atomic mass is 10.9.